The van der Waals surface area contributed by atoms with Crippen molar-refractivity contribution in [2.24, 2.45) is 11.5 Å². The maximum Gasteiger partial charge on any atom is 0.303 e. The molecule has 0 bridgehead atoms. The second-order valence-corrected chi connectivity index (χ2v) is 3.48. The van der Waals surface area contributed by atoms with Crippen LogP contribution in [0.2, 0.25) is 0 Å². The fraction of sp³-hybridized carbons (Fsp3) is 0.364. The number of carboxylic acid groups (broad SMARTS) is 1. The molecule has 1 rings (SSSR count). The smallest absolute Gasteiger partial charge is 0.303 e. The molecule has 0 unspecified atom stereocenters. The number of carbonyl (C=O) groups is 1. The van der Waals surface area contributed by atoms with Crippen molar-refractivity contribution in [3.05, 3.63) is 35.4 Å². The van der Waals surface area contributed by atoms with Gasteiger partial charge in [0.05, 0.1) is 0 Å². The van der Waals surface area contributed by atoms with Gasteiger partial charge in [-0.2, -0.15) is 0 Å². The van der Waals surface area contributed by atoms with E-state index < -0.39 is 5.97 Å². The SMILES string of the molecule is NC[C@@H](N)c1cccc(CCC(=O)O)c1. The maximum atomic E-state index is 10.4. The molecular weight excluding hydrogens is 192 g/mol. The van der Waals surface area contributed by atoms with Crippen molar-refractivity contribution in [1.82, 2.24) is 0 Å². The van der Waals surface area contributed by atoms with E-state index in [1.165, 1.54) is 0 Å². The number of aliphatic carboxylic acids is 1. The van der Waals surface area contributed by atoms with Gasteiger partial charge in [0.2, 0.25) is 0 Å². The van der Waals surface area contributed by atoms with Crippen LogP contribution in [-0.4, -0.2) is 17.6 Å². The highest BCUT2D eigenvalue weighted by Crippen LogP contribution is 2.12. The molecule has 0 radical (unpaired) electrons. The summed E-state index contributed by atoms with van der Waals surface area (Å²) in [6.45, 7) is 0.391. The normalized spacial score (nSPS) is 12.4. The van der Waals surface area contributed by atoms with Crippen molar-refractivity contribution < 1.29 is 9.90 Å². The predicted octanol–water partition coefficient (Wildman–Crippen LogP) is 0.662. The molecule has 4 heteroatoms. The van der Waals surface area contributed by atoms with Gasteiger partial charge in [-0.1, -0.05) is 24.3 Å². The van der Waals surface area contributed by atoms with Gasteiger partial charge >= 0.3 is 5.97 Å². The van der Waals surface area contributed by atoms with E-state index in [2.05, 4.69) is 0 Å². The van der Waals surface area contributed by atoms with Crippen LogP contribution in [0.25, 0.3) is 0 Å². The van der Waals surface area contributed by atoms with E-state index in [0.29, 0.717) is 13.0 Å². The first kappa shape index (κ1) is 11.7. The lowest BCUT2D eigenvalue weighted by Crippen LogP contribution is -2.20. The zero-order valence-corrected chi connectivity index (χ0v) is 8.52. The van der Waals surface area contributed by atoms with E-state index in [0.717, 1.165) is 11.1 Å². The quantitative estimate of drug-likeness (QED) is 0.663. The van der Waals surface area contributed by atoms with Crippen LogP contribution in [0.3, 0.4) is 0 Å². The molecule has 0 aromatic heterocycles. The van der Waals surface area contributed by atoms with Crippen molar-refractivity contribution in [2.45, 2.75) is 18.9 Å². The van der Waals surface area contributed by atoms with Gasteiger partial charge in [-0.05, 0) is 17.5 Å². The number of rotatable bonds is 5. The van der Waals surface area contributed by atoms with Gasteiger partial charge in [0.1, 0.15) is 0 Å². The first-order chi connectivity index (χ1) is 7.13. The third kappa shape index (κ3) is 3.69. The molecule has 0 saturated carbocycles. The highest BCUT2D eigenvalue weighted by Gasteiger charge is 2.05. The molecule has 0 amide bonds. The number of hydrogen-bond acceptors (Lipinski definition) is 3. The van der Waals surface area contributed by atoms with Gasteiger partial charge in [-0.25, -0.2) is 0 Å². The maximum absolute atomic E-state index is 10.4. The predicted molar refractivity (Wildman–Crippen MR) is 58.4 cm³/mol. The lowest BCUT2D eigenvalue weighted by Gasteiger charge is -2.10. The lowest BCUT2D eigenvalue weighted by atomic mass is 10.0. The van der Waals surface area contributed by atoms with Gasteiger partial charge in [0, 0.05) is 19.0 Å². The first-order valence-electron chi connectivity index (χ1n) is 4.89. The van der Waals surface area contributed by atoms with Gasteiger partial charge < -0.3 is 16.6 Å². The minimum atomic E-state index is -0.788. The summed E-state index contributed by atoms with van der Waals surface area (Å²) in [7, 11) is 0. The molecule has 0 aliphatic heterocycles. The van der Waals surface area contributed by atoms with Gasteiger partial charge in [-0.15, -0.1) is 0 Å². The van der Waals surface area contributed by atoms with Crippen molar-refractivity contribution in [3.63, 3.8) is 0 Å². The topological polar surface area (TPSA) is 89.3 Å². The molecule has 0 fully saturated rings. The zero-order valence-electron chi connectivity index (χ0n) is 8.52. The van der Waals surface area contributed by atoms with Crippen molar-refractivity contribution in [1.29, 1.82) is 0 Å². The van der Waals surface area contributed by atoms with Crippen LogP contribution >= 0.6 is 0 Å². The molecule has 0 aliphatic rings. The molecule has 0 saturated heterocycles. The molecule has 0 heterocycles. The van der Waals surface area contributed by atoms with Crippen LogP contribution in [0.4, 0.5) is 0 Å². The van der Waals surface area contributed by atoms with Crippen LogP contribution in [0.5, 0.6) is 0 Å². The number of nitrogens with two attached hydrogens (primary N) is 2. The van der Waals surface area contributed by atoms with Crippen LogP contribution in [0, 0.1) is 0 Å². The van der Waals surface area contributed by atoms with Crippen LogP contribution < -0.4 is 11.5 Å². The van der Waals surface area contributed by atoms with E-state index in [1.54, 1.807) is 0 Å². The monoisotopic (exact) mass is 208 g/mol. The summed E-state index contributed by atoms with van der Waals surface area (Å²) in [5, 5.41) is 8.55. The van der Waals surface area contributed by atoms with Gasteiger partial charge in [0.15, 0.2) is 0 Å². The van der Waals surface area contributed by atoms with Gasteiger partial charge in [-0.3, -0.25) is 4.79 Å². The average molecular weight is 208 g/mol. The number of aryl methyl sites for hydroxylation is 1. The van der Waals surface area contributed by atoms with Crippen LogP contribution in [-0.2, 0) is 11.2 Å². The highest BCUT2D eigenvalue weighted by atomic mass is 16.4. The fourth-order valence-electron chi connectivity index (χ4n) is 1.37. The Hall–Kier alpha value is -1.39. The Bertz CT molecular complexity index is 339. The highest BCUT2D eigenvalue weighted by molar-refractivity contribution is 5.67. The summed E-state index contributed by atoms with van der Waals surface area (Å²) < 4.78 is 0. The standard InChI is InChI=1S/C11H16N2O2/c12-7-10(13)9-3-1-2-8(6-9)4-5-11(14)15/h1-3,6,10H,4-5,7,12-13H2,(H,14,15)/t10-/m1/s1. The minimum absolute atomic E-state index is 0.140. The molecule has 0 aliphatic carbocycles. The first-order valence-corrected chi connectivity index (χ1v) is 4.89. The number of carboxylic acids is 1. The molecule has 1 aromatic carbocycles. The summed E-state index contributed by atoms with van der Waals surface area (Å²) in [5.74, 6) is -0.788. The third-order valence-corrected chi connectivity index (χ3v) is 2.26. The summed E-state index contributed by atoms with van der Waals surface area (Å²) in [4.78, 5) is 10.4. The summed E-state index contributed by atoms with van der Waals surface area (Å²) >= 11 is 0. The van der Waals surface area contributed by atoms with Crippen molar-refractivity contribution in [2.75, 3.05) is 6.54 Å². The molecule has 4 nitrogen and oxygen atoms in total. The largest absolute Gasteiger partial charge is 0.481 e. The van der Waals surface area contributed by atoms with E-state index in [4.69, 9.17) is 16.6 Å². The minimum Gasteiger partial charge on any atom is -0.481 e. The molecule has 1 aromatic rings. The summed E-state index contributed by atoms with van der Waals surface area (Å²) in [6.07, 6.45) is 0.668. The zero-order chi connectivity index (χ0) is 11.3. The second kappa shape index (κ2) is 5.48. The van der Waals surface area contributed by atoms with E-state index in [1.807, 2.05) is 24.3 Å². The molecular formula is C11H16N2O2. The second-order valence-electron chi connectivity index (χ2n) is 3.48. The molecule has 5 N–H and O–H groups in total. The lowest BCUT2D eigenvalue weighted by molar-refractivity contribution is -0.136. The van der Waals surface area contributed by atoms with Crippen LogP contribution in [0.1, 0.15) is 23.6 Å². The molecule has 82 valence electrons. The van der Waals surface area contributed by atoms with Crippen molar-refractivity contribution >= 4 is 5.97 Å². The fourth-order valence-corrected chi connectivity index (χ4v) is 1.37. The molecule has 1 atom stereocenters. The van der Waals surface area contributed by atoms with Crippen LogP contribution in [0.15, 0.2) is 24.3 Å². The Kier molecular flexibility index (Phi) is 4.27. The summed E-state index contributed by atoms with van der Waals surface area (Å²) in [6, 6.07) is 7.43. The Morgan fingerprint density at radius 3 is 2.80 bits per heavy atom. The van der Waals surface area contributed by atoms with E-state index in [9.17, 15) is 4.79 Å². The molecule has 15 heavy (non-hydrogen) atoms. The van der Waals surface area contributed by atoms with E-state index >= 15 is 0 Å². The Morgan fingerprint density at radius 1 is 1.47 bits per heavy atom. The van der Waals surface area contributed by atoms with E-state index in [-0.39, 0.29) is 12.5 Å². The number of hydrogen-bond donors (Lipinski definition) is 3. The van der Waals surface area contributed by atoms with Crippen molar-refractivity contribution in [3.8, 4) is 0 Å². The number of benzene rings is 1. The average Bonchev–Trinajstić information content (AvgIpc) is 2.25. The van der Waals surface area contributed by atoms with Gasteiger partial charge in [0.25, 0.3) is 0 Å². The summed E-state index contributed by atoms with van der Waals surface area (Å²) in [5.41, 5.74) is 13.2. The molecule has 0 spiro atoms. The Labute approximate surface area is 88.9 Å². The Balaban J connectivity index is 2.69. The third-order valence-electron chi connectivity index (χ3n) is 2.26. The Morgan fingerprint density at radius 2 is 2.20 bits per heavy atom.